The van der Waals surface area contributed by atoms with Gasteiger partial charge in [-0.25, -0.2) is 0 Å². The van der Waals surface area contributed by atoms with Crippen LogP contribution in [-0.2, 0) is 4.79 Å². The number of hydrogen-bond acceptors (Lipinski definition) is 2. The van der Waals surface area contributed by atoms with Crippen molar-refractivity contribution in [3.63, 3.8) is 0 Å². The van der Waals surface area contributed by atoms with E-state index in [-0.39, 0.29) is 0 Å². The van der Waals surface area contributed by atoms with Crippen molar-refractivity contribution in [2.45, 2.75) is 96.1 Å². The van der Waals surface area contributed by atoms with Crippen LogP contribution in [0, 0.1) is 11.8 Å². The number of carboxylic acids is 1. The lowest BCUT2D eigenvalue weighted by molar-refractivity contribution is -0.146. The van der Waals surface area contributed by atoms with Crippen LogP contribution in [0.2, 0.25) is 0 Å². The van der Waals surface area contributed by atoms with Crippen molar-refractivity contribution in [3.8, 4) is 0 Å². The number of carbonyl (C=O) groups is 1. The summed E-state index contributed by atoms with van der Waals surface area (Å²) in [5, 5.41) is 13.5. The van der Waals surface area contributed by atoms with Gasteiger partial charge in [-0.2, -0.15) is 0 Å². The number of aliphatic carboxylic acids is 1. The number of carboxylic acid groups (broad SMARTS) is 1. The first-order chi connectivity index (χ1) is 10.0. The van der Waals surface area contributed by atoms with Crippen LogP contribution < -0.4 is 5.32 Å². The highest BCUT2D eigenvalue weighted by molar-refractivity contribution is 5.78. The highest BCUT2D eigenvalue weighted by atomic mass is 16.4. The fraction of sp³-hybridized carbons (Fsp3) is 0.944. The van der Waals surface area contributed by atoms with Crippen LogP contribution in [0.15, 0.2) is 0 Å². The summed E-state index contributed by atoms with van der Waals surface area (Å²) >= 11 is 0. The molecule has 0 aliphatic heterocycles. The van der Waals surface area contributed by atoms with Gasteiger partial charge < -0.3 is 5.11 Å². The Kier molecular flexibility index (Phi) is 6.09. The second kappa shape index (κ2) is 7.62. The van der Waals surface area contributed by atoms with E-state index in [9.17, 15) is 9.90 Å². The molecule has 2 rings (SSSR count). The van der Waals surface area contributed by atoms with Gasteiger partial charge >= 0.3 is 5.97 Å². The average Bonchev–Trinajstić information content (AvgIpc) is 2.80. The number of hydrogen-bond donors (Lipinski definition) is 2. The predicted molar refractivity (Wildman–Crippen MR) is 86.4 cm³/mol. The Morgan fingerprint density at radius 1 is 1.00 bits per heavy atom. The average molecular weight is 295 g/mol. The monoisotopic (exact) mass is 295 g/mol. The van der Waals surface area contributed by atoms with Crippen LogP contribution in [0.25, 0.3) is 0 Å². The van der Waals surface area contributed by atoms with E-state index in [0.29, 0.717) is 17.9 Å². The van der Waals surface area contributed by atoms with E-state index in [4.69, 9.17) is 0 Å². The van der Waals surface area contributed by atoms with Crippen LogP contribution in [-0.4, -0.2) is 22.7 Å². The van der Waals surface area contributed by atoms with Gasteiger partial charge in [0.1, 0.15) is 5.54 Å². The molecular weight excluding hydrogens is 262 g/mol. The fourth-order valence-corrected chi connectivity index (χ4v) is 4.27. The SMILES string of the molecule is CC(C)C1CCCC(NC2CCCCCC2)(C(=O)O)CC1. The minimum absolute atomic E-state index is 0.416. The van der Waals surface area contributed by atoms with Crippen LogP contribution in [0.3, 0.4) is 0 Å². The van der Waals surface area contributed by atoms with Gasteiger partial charge in [0.15, 0.2) is 0 Å². The normalized spacial score (nSPS) is 32.6. The Labute approximate surface area is 129 Å². The zero-order valence-corrected chi connectivity index (χ0v) is 13.9. The summed E-state index contributed by atoms with van der Waals surface area (Å²) < 4.78 is 0. The highest BCUT2D eigenvalue weighted by Crippen LogP contribution is 2.35. The Morgan fingerprint density at radius 3 is 2.24 bits per heavy atom. The maximum Gasteiger partial charge on any atom is 0.323 e. The van der Waals surface area contributed by atoms with Crippen molar-refractivity contribution in [1.82, 2.24) is 5.32 Å². The first-order valence-electron chi connectivity index (χ1n) is 9.04. The van der Waals surface area contributed by atoms with Gasteiger partial charge in [0, 0.05) is 6.04 Å². The van der Waals surface area contributed by atoms with E-state index in [1.165, 1.54) is 32.1 Å². The molecular formula is C18H33NO2. The summed E-state index contributed by atoms with van der Waals surface area (Å²) in [6, 6.07) is 0.416. The van der Waals surface area contributed by atoms with Gasteiger partial charge in [0.2, 0.25) is 0 Å². The van der Waals surface area contributed by atoms with Gasteiger partial charge in [0.25, 0.3) is 0 Å². The van der Waals surface area contributed by atoms with E-state index in [1.807, 2.05) is 0 Å². The summed E-state index contributed by atoms with van der Waals surface area (Å²) in [7, 11) is 0. The molecule has 3 nitrogen and oxygen atoms in total. The molecule has 2 aliphatic rings. The van der Waals surface area contributed by atoms with Gasteiger partial charge in [-0.3, -0.25) is 10.1 Å². The van der Waals surface area contributed by atoms with Crippen LogP contribution in [0.1, 0.15) is 84.5 Å². The molecule has 122 valence electrons. The minimum Gasteiger partial charge on any atom is -0.480 e. The summed E-state index contributed by atoms with van der Waals surface area (Å²) in [6.45, 7) is 4.55. The Balaban J connectivity index is 2.03. The standard InChI is InChI=1S/C18H33NO2/c1-14(2)15-8-7-12-18(13-11-15,17(20)21)19-16-9-5-3-4-6-10-16/h14-16,19H,3-13H2,1-2H3,(H,20,21). The van der Waals surface area contributed by atoms with Crippen molar-refractivity contribution in [1.29, 1.82) is 0 Å². The summed E-state index contributed by atoms with van der Waals surface area (Å²) in [5.41, 5.74) is -0.654. The molecule has 2 saturated carbocycles. The van der Waals surface area contributed by atoms with E-state index in [2.05, 4.69) is 19.2 Å². The summed E-state index contributed by atoms with van der Waals surface area (Å²) in [5.74, 6) is 0.755. The number of nitrogens with one attached hydrogen (secondary N) is 1. The largest absolute Gasteiger partial charge is 0.480 e. The molecule has 0 heterocycles. The smallest absolute Gasteiger partial charge is 0.323 e. The molecule has 0 aromatic heterocycles. The lowest BCUT2D eigenvalue weighted by Gasteiger charge is -2.34. The lowest BCUT2D eigenvalue weighted by atomic mass is 9.85. The van der Waals surface area contributed by atoms with E-state index in [1.54, 1.807) is 0 Å². The molecule has 2 fully saturated rings. The molecule has 2 atom stereocenters. The lowest BCUT2D eigenvalue weighted by Crippen LogP contribution is -2.55. The predicted octanol–water partition coefficient (Wildman–Crippen LogP) is 4.36. The van der Waals surface area contributed by atoms with Crippen molar-refractivity contribution in [3.05, 3.63) is 0 Å². The molecule has 0 bridgehead atoms. The Morgan fingerprint density at radius 2 is 1.67 bits per heavy atom. The first-order valence-corrected chi connectivity index (χ1v) is 9.04. The van der Waals surface area contributed by atoms with Gasteiger partial charge in [0.05, 0.1) is 0 Å². The molecule has 0 aromatic carbocycles. The zero-order chi connectivity index (χ0) is 15.3. The molecule has 2 N–H and O–H groups in total. The third-order valence-corrected chi connectivity index (χ3v) is 5.81. The maximum absolute atomic E-state index is 12.0. The van der Waals surface area contributed by atoms with Crippen LogP contribution >= 0.6 is 0 Å². The third-order valence-electron chi connectivity index (χ3n) is 5.81. The molecule has 0 saturated heterocycles. The molecule has 2 aliphatic carbocycles. The molecule has 2 unspecified atom stereocenters. The van der Waals surface area contributed by atoms with Gasteiger partial charge in [-0.1, -0.05) is 52.4 Å². The summed E-state index contributed by atoms with van der Waals surface area (Å²) in [4.78, 5) is 12.0. The Hall–Kier alpha value is -0.570. The molecule has 0 spiro atoms. The van der Waals surface area contributed by atoms with Gasteiger partial charge in [-0.05, 0) is 43.9 Å². The second-order valence-corrected chi connectivity index (χ2v) is 7.66. The fourth-order valence-electron chi connectivity index (χ4n) is 4.27. The molecule has 0 aromatic rings. The van der Waals surface area contributed by atoms with E-state index < -0.39 is 11.5 Å². The zero-order valence-electron chi connectivity index (χ0n) is 13.9. The van der Waals surface area contributed by atoms with Crippen molar-refractivity contribution < 1.29 is 9.90 Å². The third kappa shape index (κ3) is 4.45. The van der Waals surface area contributed by atoms with Crippen molar-refractivity contribution in [2.24, 2.45) is 11.8 Å². The molecule has 3 heteroatoms. The number of rotatable bonds is 4. The minimum atomic E-state index is -0.654. The van der Waals surface area contributed by atoms with E-state index >= 15 is 0 Å². The Bertz CT molecular complexity index is 334. The second-order valence-electron chi connectivity index (χ2n) is 7.66. The van der Waals surface area contributed by atoms with Crippen LogP contribution in [0.4, 0.5) is 0 Å². The van der Waals surface area contributed by atoms with Gasteiger partial charge in [-0.15, -0.1) is 0 Å². The molecule has 21 heavy (non-hydrogen) atoms. The maximum atomic E-state index is 12.0. The topological polar surface area (TPSA) is 49.3 Å². The van der Waals surface area contributed by atoms with Crippen molar-refractivity contribution >= 4 is 5.97 Å². The molecule has 0 amide bonds. The van der Waals surface area contributed by atoms with E-state index in [0.717, 1.165) is 38.5 Å². The molecule has 0 radical (unpaired) electrons. The summed E-state index contributed by atoms with van der Waals surface area (Å²) in [6.07, 6.45) is 12.4. The van der Waals surface area contributed by atoms with Crippen LogP contribution in [0.5, 0.6) is 0 Å². The quantitative estimate of drug-likeness (QED) is 0.758. The first kappa shape index (κ1) is 16.8. The van der Waals surface area contributed by atoms with Crippen molar-refractivity contribution in [2.75, 3.05) is 0 Å². The highest BCUT2D eigenvalue weighted by Gasteiger charge is 2.41.